The number of piperidine rings is 1. The van der Waals surface area contributed by atoms with Gasteiger partial charge in [0.2, 0.25) is 11.8 Å². The van der Waals surface area contributed by atoms with Crippen LogP contribution in [-0.2, 0) is 15.2 Å². The topological polar surface area (TPSA) is 69.6 Å². The molecule has 2 bridgehead atoms. The van der Waals surface area contributed by atoms with Gasteiger partial charge in [0.1, 0.15) is 6.04 Å². The van der Waals surface area contributed by atoms with E-state index in [2.05, 4.69) is 5.32 Å². The second-order valence-corrected chi connectivity index (χ2v) is 12.1. The summed E-state index contributed by atoms with van der Waals surface area (Å²) in [7, 11) is 0. The molecule has 5 nitrogen and oxygen atoms in total. The van der Waals surface area contributed by atoms with Crippen molar-refractivity contribution in [2.75, 3.05) is 13.1 Å². The summed E-state index contributed by atoms with van der Waals surface area (Å²) in [6.07, 6.45) is 6.01. The summed E-state index contributed by atoms with van der Waals surface area (Å²) in [5.74, 6) is 1.95. The summed E-state index contributed by atoms with van der Waals surface area (Å²) >= 11 is 6.04. The average Bonchev–Trinajstić information content (AvgIpc) is 3.37. The molecule has 0 spiro atoms. The van der Waals surface area contributed by atoms with Gasteiger partial charge in [0.05, 0.1) is 5.60 Å². The highest BCUT2D eigenvalue weighted by atomic mass is 35.5. The number of fused-ring (bicyclic) bond motifs is 2. The quantitative estimate of drug-likeness (QED) is 0.624. The van der Waals surface area contributed by atoms with E-state index in [4.69, 9.17) is 11.6 Å². The molecule has 4 rings (SSSR count). The lowest BCUT2D eigenvalue weighted by Crippen LogP contribution is -2.60. The summed E-state index contributed by atoms with van der Waals surface area (Å²) in [6.45, 7) is 8.85. The van der Waals surface area contributed by atoms with Crippen LogP contribution in [0.15, 0.2) is 24.3 Å². The SMILES string of the molecule is CC(C)[C@@H](NC(=O)CC1C[C@H]2CC[C@@H]1C2)C(=O)N1CC[C@](O)(c2ccc(Cl)cc2)C(C)(C)C1. The molecule has 1 heterocycles. The summed E-state index contributed by atoms with van der Waals surface area (Å²) in [5.41, 5.74) is -0.778. The molecule has 3 aliphatic rings. The van der Waals surface area contributed by atoms with Gasteiger partial charge in [0.25, 0.3) is 0 Å². The molecule has 2 saturated carbocycles. The predicted molar refractivity (Wildman–Crippen MR) is 131 cm³/mol. The first-order valence-corrected chi connectivity index (χ1v) is 12.9. The number of carbonyl (C=O) groups is 2. The molecular formula is C27H39ClN2O3. The number of likely N-dealkylation sites (tertiary alicyclic amines) is 1. The molecule has 5 atom stereocenters. The molecule has 182 valence electrons. The van der Waals surface area contributed by atoms with Crippen molar-refractivity contribution in [3.8, 4) is 0 Å². The summed E-state index contributed by atoms with van der Waals surface area (Å²) < 4.78 is 0. The minimum absolute atomic E-state index is 0.00154. The van der Waals surface area contributed by atoms with Crippen molar-refractivity contribution < 1.29 is 14.7 Å². The van der Waals surface area contributed by atoms with Gasteiger partial charge in [-0.05, 0) is 67.1 Å². The number of nitrogens with one attached hydrogen (secondary N) is 1. The molecule has 2 aliphatic carbocycles. The third-order valence-corrected chi connectivity index (χ3v) is 8.92. The van der Waals surface area contributed by atoms with Crippen LogP contribution in [0.5, 0.6) is 0 Å². The van der Waals surface area contributed by atoms with E-state index in [1.807, 2.05) is 44.7 Å². The molecular weight excluding hydrogens is 436 g/mol. The Hall–Kier alpha value is -1.59. The number of amides is 2. The Morgan fingerprint density at radius 2 is 1.88 bits per heavy atom. The van der Waals surface area contributed by atoms with Crippen molar-refractivity contribution in [3.63, 3.8) is 0 Å². The van der Waals surface area contributed by atoms with Crippen molar-refractivity contribution in [1.82, 2.24) is 10.2 Å². The van der Waals surface area contributed by atoms with E-state index in [0.29, 0.717) is 42.8 Å². The summed E-state index contributed by atoms with van der Waals surface area (Å²) in [5, 5.41) is 15.3. The third-order valence-electron chi connectivity index (χ3n) is 8.66. The van der Waals surface area contributed by atoms with Gasteiger partial charge in [0.15, 0.2) is 0 Å². The molecule has 1 saturated heterocycles. The molecule has 1 aliphatic heterocycles. The minimum atomic E-state index is -1.05. The Balaban J connectivity index is 1.41. The zero-order valence-corrected chi connectivity index (χ0v) is 21.2. The maximum Gasteiger partial charge on any atom is 0.245 e. The Morgan fingerprint density at radius 1 is 1.18 bits per heavy atom. The fourth-order valence-electron chi connectivity index (χ4n) is 6.58. The first-order chi connectivity index (χ1) is 15.5. The first-order valence-electron chi connectivity index (χ1n) is 12.6. The molecule has 0 radical (unpaired) electrons. The normalized spacial score (nSPS) is 31.6. The lowest BCUT2D eigenvalue weighted by molar-refractivity contribution is -0.156. The van der Waals surface area contributed by atoms with Gasteiger partial charge in [-0.3, -0.25) is 9.59 Å². The average molecular weight is 475 g/mol. The van der Waals surface area contributed by atoms with E-state index in [1.165, 1.54) is 25.7 Å². The molecule has 2 N–H and O–H groups in total. The van der Waals surface area contributed by atoms with Crippen LogP contribution >= 0.6 is 11.6 Å². The Labute approximate surface area is 203 Å². The number of benzene rings is 1. The second-order valence-electron chi connectivity index (χ2n) is 11.7. The zero-order chi connectivity index (χ0) is 24.0. The molecule has 0 aromatic heterocycles. The Morgan fingerprint density at radius 3 is 2.42 bits per heavy atom. The predicted octanol–water partition coefficient (Wildman–Crippen LogP) is 4.75. The van der Waals surface area contributed by atoms with Crippen LogP contribution in [-0.4, -0.2) is 41.0 Å². The zero-order valence-electron chi connectivity index (χ0n) is 20.4. The van der Waals surface area contributed by atoms with E-state index >= 15 is 0 Å². The van der Waals surface area contributed by atoms with Gasteiger partial charge in [-0.15, -0.1) is 0 Å². The van der Waals surface area contributed by atoms with Gasteiger partial charge >= 0.3 is 0 Å². The van der Waals surface area contributed by atoms with Crippen LogP contribution in [0.4, 0.5) is 0 Å². The van der Waals surface area contributed by atoms with Crippen LogP contribution in [0, 0.1) is 29.1 Å². The highest BCUT2D eigenvalue weighted by Gasteiger charge is 2.50. The van der Waals surface area contributed by atoms with Crippen LogP contribution in [0.3, 0.4) is 0 Å². The van der Waals surface area contributed by atoms with E-state index in [0.717, 1.165) is 11.5 Å². The first kappa shape index (κ1) is 24.5. The summed E-state index contributed by atoms with van der Waals surface area (Å²) in [6, 6.07) is 6.79. The Bertz CT molecular complexity index is 884. The third kappa shape index (κ3) is 4.81. The largest absolute Gasteiger partial charge is 0.384 e. The fraction of sp³-hybridized carbons (Fsp3) is 0.704. The number of rotatable bonds is 6. The van der Waals surface area contributed by atoms with E-state index in [1.54, 1.807) is 12.1 Å². The number of aliphatic hydroxyl groups is 1. The fourth-order valence-corrected chi connectivity index (χ4v) is 6.70. The number of halogens is 1. The molecule has 1 aromatic carbocycles. The van der Waals surface area contributed by atoms with Crippen molar-refractivity contribution in [1.29, 1.82) is 0 Å². The minimum Gasteiger partial charge on any atom is -0.384 e. The number of hydrogen-bond acceptors (Lipinski definition) is 3. The summed E-state index contributed by atoms with van der Waals surface area (Å²) in [4.78, 5) is 28.2. The maximum absolute atomic E-state index is 13.5. The van der Waals surface area contributed by atoms with Crippen molar-refractivity contribution in [2.24, 2.45) is 29.1 Å². The van der Waals surface area contributed by atoms with Crippen LogP contribution in [0.1, 0.15) is 71.8 Å². The van der Waals surface area contributed by atoms with Crippen molar-refractivity contribution in [2.45, 2.75) is 77.9 Å². The number of nitrogens with zero attached hydrogens (tertiary/aromatic N) is 1. The monoisotopic (exact) mass is 474 g/mol. The van der Waals surface area contributed by atoms with Crippen LogP contribution in [0.25, 0.3) is 0 Å². The highest BCUT2D eigenvalue weighted by Crippen LogP contribution is 2.49. The van der Waals surface area contributed by atoms with Gasteiger partial charge < -0.3 is 15.3 Å². The molecule has 1 aromatic rings. The van der Waals surface area contributed by atoms with Crippen LogP contribution < -0.4 is 5.32 Å². The highest BCUT2D eigenvalue weighted by molar-refractivity contribution is 6.30. The number of hydrogen-bond donors (Lipinski definition) is 2. The van der Waals surface area contributed by atoms with Crippen LogP contribution in [0.2, 0.25) is 5.02 Å². The van der Waals surface area contributed by atoms with E-state index < -0.39 is 17.1 Å². The lowest BCUT2D eigenvalue weighted by atomic mass is 9.66. The smallest absolute Gasteiger partial charge is 0.245 e. The van der Waals surface area contributed by atoms with E-state index in [9.17, 15) is 14.7 Å². The van der Waals surface area contributed by atoms with Gasteiger partial charge in [0, 0.05) is 29.9 Å². The maximum atomic E-state index is 13.5. The van der Waals surface area contributed by atoms with E-state index in [-0.39, 0.29) is 17.7 Å². The molecule has 1 unspecified atom stereocenters. The van der Waals surface area contributed by atoms with Gasteiger partial charge in [-0.2, -0.15) is 0 Å². The standard InChI is InChI=1S/C27H39ClN2O3/c1-17(2)24(29-23(31)15-20-14-18-5-6-19(20)13-18)25(32)30-12-11-27(33,26(3,4)16-30)21-7-9-22(28)10-8-21/h7-10,17-20,24,33H,5-6,11-16H2,1-4H3,(H,29,31)/t18-,19+,20?,24+,27-/m0/s1. The molecule has 3 fully saturated rings. The lowest BCUT2D eigenvalue weighted by Gasteiger charge is -2.51. The van der Waals surface area contributed by atoms with Crippen molar-refractivity contribution >= 4 is 23.4 Å². The molecule has 6 heteroatoms. The number of carbonyl (C=O) groups excluding carboxylic acids is 2. The van der Waals surface area contributed by atoms with Gasteiger partial charge in [-0.25, -0.2) is 0 Å². The molecule has 2 amide bonds. The van der Waals surface area contributed by atoms with Crippen molar-refractivity contribution in [3.05, 3.63) is 34.9 Å². The molecule has 33 heavy (non-hydrogen) atoms. The Kier molecular flexibility index (Phi) is 6.85. The second kappa shape index (κ2) is 9.22. The van der Waals surface area contributed by atoms with Gasteiger partial charge in [-0.1, -0.05) is 57.8 Å².